The largest absolute Gasteiger partial charge is 0.395 e. The minimum Gasteiger partial charge on any atom is -0.395 e. The lowest BCUT2D eigenvalue weighted by atomic mass is 9.94. The minimum atomic E-state index is -1.22. The van der Waals surface area contributed by atoms with Crippen LogP contribution in [0.1, 0.15) is 19.4 Å². The zero-order valence-electron chi connectivity index (χ0n) is 16.0. The molecule has 1 saturated heterocycles. The van der Waals surface area contributed by atoms with Gasteiger partial charge in [-0.2, -0.15) is 0 Å². The van der Waals surface area contributed by atoms with Gasteiger partial charge in [0.2, 0.25) is 0 Å². The van der Waals surface area contributed by atoms with Gasteiger partial charge in [0.25, 0.3) is 0 Å². The van der Waals surface area contributed by atoms with Gasteiger partial charge in [-0.25, -0.2) is 0 Å². The van der Waals surface area contributed by atoms with E-state index in [2.05, 4.69) is 45.2 Å². The van der Waals surface area contributed by atoms with Crippen molar-refractivity contribution in [1.29, 1.82) is 0 Å². The maximum absolute atomic E-state index is 10.0. The Morgan fingerprint density at radius 2 is 1.69 bits per heavy atom. The number of aliphatic hydroxyl groups is 4. The second-order valence-electron chi connectivity index (χ2n) is 7.27. The van der Waals surface area contributed by atoms with E-state index in [4.69, 9.17) is 0 Å². The maximum atomic E-state index is 10.0. The van der Waals surface area contributed by atoms with Gasteiger partial charge in [0, 0.05) is 13.1 Å². The topological polar surface area (TPSA) is 84.2 Å². The normalized spacial score (nSPS) is 28.0. The number of piperidine rings is 1. The fraction of sp³-hybridized carbons (Fsp3) is 0.600. The van der Waals surface area contributed by atoms with E-state index in [1.165, 1.54) is 5.69 Å². The van der Waals surface area contributed by atoms with Crippen molar-refractivity contribution in [3.8, 4) is 0 Å². The lowest BCUT2D eigenvalue weighted by molar-refractivity contribution is -0.142. The number of nitrogens with zero attached hydrogens (tertiary/aromatic N) is 2. The zero-order chi connectivity index (χ0) is 19.3. The molecule has 1 aliphatic heterocycles. The van der Waals surface area contributed by atoms with Crippen molar-refractivity contribution in [2.75, 3.05) is 39.8 Å². The standard InChI is InChI=1S/C20H33N2O4/c1-4-22(3,5-2)16-10-8-15(9-11-16)7-6-12-21-13-18(24)20(26)19(25)17(21)14-23/h6-11,17-20,23-26H,4-5,12-14H2,1-3H3/q+1/b7-6+. The molecule has 2 rings (SSSR count). The molecule has 0 radical (unpaired) electrons. The summed E-state index contributed by atoms with van der Waals surface area (Å²) in [6.45, 7) is 6.89. The molecule has 1 aromatic carbocycles. The summed E-state index contributed by atoms with van der Waals surface area (Å²) in [7, 11) is 2.22. The fourth-order valence-electron chi connectivity index (χ4n) is 3.45. The van der Waals surface area contributed by atoms with Gasteiger partial charge >= 0.3 is 0 Å². The number of likely N-dealkylation sites (tertiary alicyclic amines) is 1. The average molecular weight is 365 g/mol. The fourth-order valence-corrected chi connectivity index (χ4v) is 3.45. The number of benzene rings is 1. The van der Waals surface area contributed by atoms with Crippen molar-refractivity contribution in [3.63, 3.8) is 0 Å². The zero-order valence-corrected chi connectivity index (χ0v) is 16.0. The maximum Gasteiger partial charge on any atom is 0.132 e. The van der Waals surface area contributed by atoms with Crippen LogP contribution in [0.5, 0.6) is 0 Å². The second-order valence-corrected chi connectivity index (χ2v) is 7.27. The Morgan fingerprint density at radius 3 is 2.23 bits per heavy atom. The predicted octanol–water partition coefficient (Wildman–Crippen LogP) is 0.436. The summed E-state index contributed by atoms with van der Waals surface area (Å²) in [4.78, 5) is 1.79. The van der Waals surface area contributed by atoms with Gasteiger partial charge in [0.1, 0.15) is 17.9 Å². The molecule has 1 heterocycles. The van der Waals surface area contributed by atoms with Crippen molar-refractivity contribution in [1.82, 2.24) is 9.38 Å². The predicted molar refractivity (Wildman–Crippen MR) is 105 cm³/mol. The Bertz CT molecular complexity index is 586. The molecule has 0 aromatic heterocycles. The molecular formula is C20H33N2O4+. The Morgan fingerprint density at radius 1 is 1.08 bits per heavy atom. The summed E-state index contributed by atoms with van der Waals surface area (Å²) in [6.07, 6.45) is 0.547. The lowest BCUT2D eigenvalue weighted by Crippen LogP contribution is -2.62. The lowest BCUT2D eigenvalue weighted by Gasteiger charge is -2.42. The molecule has 4 N–H and O–H groups in total. The molecule has 4 unspecified atom stereocenters. The molecule has 0 bridgehead atoms. The van der Waals surface area contributed by atoms with Gasteiger partial charge in [-0.1, -0.05) is 12.2 Å². The Labute approximate surface area is 156 Å². The SMILES string of the molecule is CC[N+](C)(CC)c1ccc(/C=C/CN2CC(O)C(O)C(O)C2CO)cc1. The van der Waals surface area contributed by atoms with E-state index in [-0.39, 0.29) is 13.2 Å². The van der Waals surface area contributed by atoms with Gasteiger partial charge in [-0.05, 0) is 43.7 Å². The van der Waals surface area contributed by atoms with Crippen molar-refractivity contribution in [3.05, 3.63) is 35.9 Å². The second kappa shape index (κ2) is 9.08. The summed E-state index contributed by atoms with van der Waals surface area (Å²) < 4.78 is 0.897. The van der Waals surface area contributed by atoms with Crippen LogP contribution in [0.4, 0.5) is 5.69 Å². The van der Waals surface area contributed by atoms with E-state index in [1.54, 1.807) is 4.90 Å². The van der Waals surface area contributed by atoms with Crippen molar-refractivity contribution >= 4 is 11.8 Å². The van der Waals surface area contributed by atoms with E-state index in [9.17, 15) is 20.4 Å². The Balaban J connectivity index is 2.01. The third kappa shape index (κ3) is 4.52. The number of quaternary nitrogens is 1. The molecule has 0 aliphatic carbocycles. The molecule has 6 heteroatoms. The van der Waals surface area contributed by atoms with Gasteiger partial charge in [-0.15, -0.1) is 0 Å². The van der Waals surface area contributed by atoms with Crippen molar-refractivity contribution < 1.29 is 20.4 Å². The molecule has 1 aliphatic rings. The van der Waals surface area contributed by atoms with Gasteiger partial charge < -0.3 is 20.4 Å². The van der Waals surface area contributed by atoms with Crippen LogP contribution in [-0.4, -0.2) is 89.5 Å². The van der Waals surface area contributed by atoms with E-state index >= 15 is 0 Å². The summed E-state index contributed by atoms with van der Waals surface area (Å²) in [5, 5.41) is 39.1. The van der Waals surface area contributed by atoms with E-state index < -0.39 is 24.4 Å². The van der Waals surface area contributed by atoms with Crippen LogP contribution in [0.15, 0.2) is 30.3 Å². The molecule has 1 aromatic rings. The summed E-state index contributed by atoms with van der Waals surface area (Å²) in [6, 6.07) is 7.89. The van der Waals surface area contributed by atoms with Crippen LogP contribution in [0.25, 0.3) is 6.08 Å². The van der Waals surface area contributed by atoms with Crippen molar-refractivity contribution in [2.45, 2.75) is 38.2 Å². The smallest absolute Gasteiger partial charge is 0.132 e. The highest BCUT2D eigenvalue weighted by Crippen LogP contribution is 2.22. The van der Waals surface area contributed by atoms with Crippen LogP contribution < -0.4 is 4.48 Å². The van der Waals surface area contributed by atoms with Crippen LogP contribution in [-0.2, 0) is 0 Å². The van der Waals surface area contributed by atoms with Gasteiger partial charge in [-0.3, -0.25) is 9.38 Å². The highest BCUT2D eigenvalue weighted by Gasteiger charge is 2.40. The van der Waals surface area contributed by atoms with Crippen molar-refractivity contribution in [2.24, 2.45) is 0 Å². The van der Waals surface area contributed by atoms with Crippen LogP contribution >= 0.6 is 0 Å². The summed E-state index contributed by atoms with van der Waals surface area (Å²) >= 11 is 0. The molecule has 4 atom stereocenters. The van der Waals surface area contributed by atoms with E-state index in [0.717, 1.165) is 23.1 Å². The quantitative estimate of drug-likeness (QED) is 0.527. The van der Waals surface area contributed by atoms with Crippen LogP contribution in [0.3, 0.4) is 0 Å². The first-order valence-electron chi connectivity index (χ1n) is 9.37. The number of rotatable bonds is 7. The molecule has 26 heavy (non-hydrogen) atoms. The Hall–Kier alpha value is -1.28. The molecule has 0 saturated carbocycles. The molecule has 0 spiro atoms. The first kappa shape index (κ1) is 21.0. The number of hydrogen-bond acceptors (Lipinski definition) is 5. The van der Waals surface area contributed by atoms with E-state index in [0.29, 0.717) is 6.54 Å². The number of hydrogen-bond donors (Lipinski definition) is 4. The summed E-state index contributed by atoms with van der Waals surface area (Å²) in [5.41, 5.74) is 2.36. The highest BCUT2D eigenvalue weighted by atomic mass is 16.4. The Kier molecular flexibility index (Phi) is 7.34. The van der Waals surface area contributed by atoms with Crippen LogP contribution in [0.2, 0.25) is 0 Å². The minimum absolute atomic E-state index is 0.218. The monoisotopic (exact) mass is 365 g/mol. The van der Waals surface area contributed by atoms with Gasteiger partial charge in [0.15, 0.2) is 0 Å². The first-order valence-corrected chi connectivity index (χ1v) is 9.37. The first-order chi connectivity index (χ1) is 12.4. The number of β-amino-alcohol motifs (C(OH)–C–C–N with tert-alkyl or cyclic N) is 1. The highest BCUT2D eigenvalue weighted by molar-refractivity contribution is 5.54. The molecular weight excluding hydrogens is 332 g/mol. The molecule has 146 valence electrons. The molecule has 6 nitrogen and oxygen atoms in total. The van der Waals surface area contributed by atoms with Crippen LogP contribution in [0, 0.1) is 0 Å². The molecule has 1 fully saturated rings. The third-order valence-electron chi connectivity index (χ3n) is 5.78. The van der Waals surface area contributed by atoms with Gasteiger partial charge in [0.05, 0.1) is 38.9 Å². The number of aliphatic hydroxyl groups excluding tert-OH is 4. The molecule has 0 amide bonds. The summed E-state index contributed by atoms with van der Waals surface area (Å²) in [5.74, 6) is 0. The third-order valence-corrected chi connectivity index (χ3v) is 5.78. The van der Waals surface area contributed by atoms with E-state index in [1.807, 2.05) is 12.2 Å². The average Bonchev–Trinajstić information content (AvgIpc) is 2.66.